The van der Waals surface area contributed by atoms with Crippen LogP contribution in [0.15, 0.2) is 30.6 Å². The minimum absolute atomic E-state index is 0.108. The zero-order valence-corrected chi connectivity index (χ0v) is 12.4. The van der Waals surface area contributed by atoms with Crippen LogP contribution in [0.4, 0.5) is 11.4 Å². The number of nitrogens with zero attached hydrogens (tertiary/aromatic N) is 3. The van der Waals surface area contributed by atoms with Crippen LogP contribution in [0.3, 0.4) is 0 Å². The summed E-state index contributed by atoms with van der Waals surface area (Å²) in [6.45, 7) is 0.629. The summed E-state index contributed by atoms with van der Waals surface area (Å²) in [5.74, 6) is 0.189. The first-order chi connectivity index (χ1) is 9.87. The molecule has 1 aliphatic rings. The van der Waals surface area contributed by atoms with Crippen molar-refractivity contribution in [2.75, 3.05) is 5.73 Å². The standard InChI is InChI=1S/C13H12Cl2N4O2/c14-13(15)4-10(13)7-18-6-9(5-17-18)8-1-2-11(16)12(3-8)19(20)21/h1-3,5-6,10H,4,7,16H2. The highest BCUT2D eigenvalue weighted by atomic mass is 35.5. The molecule has 2 aromatic rings. The smallest absolute Gasteiger partial charge is 0.292 e. The minimum Gasteiger partial charge on any atom is -0.393 e. The zero-order chi connectivity index (χ0) is 15.2. The molecule has 8 heteroatoms. The van der Waals surface area contributed by atoms with Crippen molar-refractivity contribution in [3.63, 3.8) is 0 Å². The maximum Gasteiger partial charge on any atom is 0.292 e. The third-order valence-corrected chi connectivity index (χ3v) is 4.48. The van der Waals surface area contributed by atoms with E-state index in [4.69, 9.17) is 28.9 Å². The molecule has 0 bridgehead atoms. The van der Waals surface area contributed by atoms with Gasteiger partial charge in [-0.3, -0.25) is 14.8 Å². The fourth-order valence-electron chi connectivity index (χ4n) is 2.19. The molecule has 1 atom stereocenters. The van der Waals surface area contributed by atoms with Crippen molar-refractivity contribution >= 4 is 34.6 Å². The van der Waals surface area contributed by atoms with Crippen molar-refractivity contribution in [3.8, 4) is 11.1 Å². The number of nitro benzene ring substituents is 1. The Kier molecular flexibility index (Phi) is 3.30. The number of halogens is 2. The van der Waals surface area contributed by atoms with Gasteiger partial charge in [0.05, 0.1) is 11.1 Å². The number of nitro groups is 1. The summed E-state index contributed by atoms with van der Waals surface area (Å²) in [7, 11) is 0. The minimum atomic E-state index is -0.647. The van der Waals surface area contributed by atoms with E-state index < -0.39 is 9.26 Å². The first-order valence-electron chi connectivity index (χ1n) is 6.31. The van der Waals surface area contributed by atoms with E-state index in [-0.39, 0.29) is 17.3 Å². The summed E-state index contributed by atoms with van der Waals surface area (Å²) >= 11 is 12.0. The van der Waals surface area contributed by atoms with Crippen LogP contribution in [-0.4, -0.2) is 19.0 Å². The van der Waals surface area contributed by atoms with Gasteiger partial charge in [0.2, 0.25) is 0 Å². The Balaban J connectivity index is 1.83. The third kappa shape index (κ3) is 2.82. The van der Waals surface area contributed by atoms with Crippen molar-refractivity contribution < 1.29 is 4.92 Å². The molecule has 110 valence electrons. The predicted octanol–water partition coefficient (Wildman–Crippen LogP) is 3.23. The second-order valence-electron chi connectivity index (χ2n) is 5.14. The molecule has 1 aromatic carbocycles. The molecule has 0 spiro atoms. The number of nitrogen functional groups attached to an aromatic ring is 1. The van der Waals surface area contributed by atoms with E-state index in [1.807, 2.05) is 6.20 Å². The van der Waals surface area contributed by atoms with E-state index in [2.05, 4.69) is 5.10 Å². The van der Waals surface area contributed by atoms with Gasteiger partial charge in [0.1, 0.15) is 10.0 Å². The molecule has 21 heavy (non-hydrogen) atoms. The van der Waals surface area contributed by atoms with Gasteiger partial charge in [0, 0.05) is 30.3 Å². The molecular weight excluding hydrogens is 315 g/mol. The van der Waals surface area contributed by atoms with Gasteiger partial charge >= 0.3 is 0 Å². The van der Waals surface area contributed by atoms with Crippen LogP contribution in [0.25, 0.3) is 11.1 Å². The summed E-state index contributed by atoms with van der Waals surface area (Å²) in [4.78, 5) is 10.4. The van der Waals surface area contributed by atoms with Gasteiger partial charge in [-0.2, -0.15) is 5.10 Å². The molecule has 0 radical (unpaired) electrons. The Morgan fingerprint density at radius 1 is 1.48 bits per heavy atom. The van der Waals surface area contributed by atoms with Crippen molar-refractivity contribution in [2.45, 2.75) is 17.3 Å². The number of hydrogen-bond acceptors (Lipinski definition) is 4. The van der Waals surface area contributed by atoms with Gasteiger partial charge in [-0.15, -0.1) is 23.2 Å². The molecule has 1 saturated carbocycles. The van der Waals surface area contributed by atoms with E-state index in [1.54, 1.807) is 16.9 Å². The van der Waals surface area contributed by atoms with Crippen molar-refractivity contribution in [1.82, 2.24) is 9.78 Å². The molecule has 0 amide bonds. The Hall–Kier alpha value is -1.79. The van der Waals surface area contributed by atoms with Crippen LogP contribution < -0.4 is 5.73 Å². The summed E-state index contributed by atoms with van der Waals surface area (Å²) in [5, 5.41) is 15.1. The van der Waals surface area contributed by atoms with E-state index in [0.717, 1.165) is 12.0 Å². The lowest BCUT2D eigenvalue weighted by Gasteiger charge is -2.02. The fraction of sp³-hybridized carbons (Fsp3) is 0.308. The average molecular weight is 327 g/mol. The van der Waals surface area contributed by atoms with Crippen molar-refractivity contribution in [3.05, 3.63) is 40.7 Å². The topological polar surface area (TPSA) is 87.0 Å². The molecule has 0 saturated heterocycles. The highest BCUT2D eigenvalue weighted by Gasteiger charge is 2.51. The number of hydrogen-bond donors (Lipinski definition) is 1. The molecule has 1 unspecified atom stereocenters. The Bertz CT molecular complexity index is 714. The number of alkyl halides is 2. The first kappa shape index (κ1) is 14.2. The van der Waals surface area contributed by atoms with Crippen LogP contribution in [0, 0.1) is 16.0 Å². The fourth-order valence-corrected chi connectivity index (χ4v) is 2.70. The van der Waals surface area contributed by atoms with Gasteiger partial charge in [0.25, 0.3) is 5.69 Å². The molecule has 6 nitrogen and oxygen atoms in total. The first-order valence-corrected chi connectivity index (χ1v) is 7.07. The largest absolute Gasteiger partial charge is 0.393 e. The third-order valence-electron chi connectivity index (χ3n) is 3.56. The van der Waals surface area contributed by atoms with E-state index >= 15 is 0 Å². The monoisotopic (exact) mass is 326 g/mol. The zero-order valence-electron chi connectivity index (χ0n) is 10.9. The molecule has 1 heterocycles. The van der Waals surface area contributed by atoms with Gasteiger partial charge in [-0.05, 0) is 18.1 Å². The quantitative estimate of drug-likeness (QED) is 0.404. The number of rotatable bonds is 4. The molecule has 1 aromatic heterocycles. The lowest BCUT2D eigenvalue weighted by atomic mass is 10.1. The lowest BCUT2D eigenvalue weighted by Crippen LogP contribution is -2.04. The molecule has 0 aliphatic heterocycles. The van der Waals surface area contributed by atoms with Crippen molar-refractivity contribution in [1.29, 1.82) is 0 Å². The summed E-state index contributed by atoms with van der Waals surface area (Å²) in [5.41, 5.74) is 7.10. The Morgan fingerprint density at radius 3 is 2.81 bits per heavy atom. The summed E-state index contributed by atoms with van der Waals surface area (Å²) in [6, 6.07) is 4.70. The SMILES string of the molecule is Nc1ccc(-c2cnn(CC3CC3(Cl)Cl)c2)cc1[N+](=O)[O-]. The van der Waals surface area contributed by atoms with E-state index in [9.17, 15) is 10.1 Å². The summed E-state index contributed by atoms with van der Waals surface area (Å²) in [6.07, 6.45) is 4.22. The second kappa shape index (κ2) is 4.89. The molecule has 1 fully saturated rings. The van der Waals surface area contributed by atoms with Crippen LogP contribution in [-0.2, 0) is 6.54 Å². The maximum atomic E-state index is 10.9. The number of aromatic nitrogens is 2. The lowest BCUT2D eigenvalue weighted by molar-refractivity contribution is -0.383. The van der Waals surface area contributed by atoms with Crippen LogP contribution in [0.2, 0.25) is 0 Å². The molecular formula is C13H12Cl2N4O2. The number of anilines is 1. The number of nitrogens with two attached hydrogens (primary N) is 1. The highest BCUT2D eigenvalue weighted by Crippen LogP contribution is 2.53. The van der Waals surface area contributed by atoms with Crippen LogP contribution >= 0.6 is 23.2 Å². The Morgan fingerprint density at radius 2 is 2.19 bits per heavy atom. The van der Waals surface area contributed by atoms with Gasteiger partial charge in [-0.25, -0.2) is 0 Å². The molecule has 3 rings (SSSR count). The second-order valence-corrected chi connectivity index (χ2v) is 6.69. The molecule has 2 N–H and O–H groups in total. The maximum absolute atomic E-state index is 10.9. The highest BCUT2D eigenvalue weighted by molar-refractivity contribution is 6.50. The van der Waals surface area contributed by atoms with Crippen LogP contribution in [0.1, 0.15) is 6.42 Å². The predicted molar refractivity (Wildman–Crippen MR) is 81.3 cm³/mol. The molecule has 1 aliphatic carbocycles. The average Bonchev–Trinajstić information content (AvgIpc) is 2.83. The van der Waals surface area contributed by atoms with Crippen LogP contribution in [0.5, 0.6) is 0 Å². The van der Waals surface area contributed by atoms with Crippen molar-refractivity contribution in [2.24, 2.45) is 5.92 Å². The van der Waals surface area contributed by atoms with Gasteiger partial charge in [0.15, 0.2) is 0 Å². The normalized spacial score (nSPS) is 19.4. The van der Waals surface area contributed by atoms with E-state index in [1.165, 1.54) is 12.1 Å². The van der Waals surface area contributed by atoms with Gasteiger partial charge in [-0.1, -0.05) is 6.07 Å². The Labute approximate surface area is 130 Å². The number of benzene rings is 1. The summed E-state index contributed by atoms with van der Waals surface area (Å²) < 4.78 is 1.10. The van der Waals surface area contributed by atoms with Gasteiger partial charge < -0.3 is 5.73 Å². The van der Waals surface area contributed by atoms with E-state index in [0.29, 0.717) is 12.1 Å².